The first kappa shape index (κ1) is 10.9. The summed E-state index contributed by atoms with van der Waals surface area (Å²) in [5.41, 5.74) is -0.641. The van der Waals surface area contributed by atoms with Crippen LogP contribution in [0.1, 0.15) is 32.6 Å². The van der Waals surface area contributed by atoms with Gasteiger partial charge < -0.3 is 15.2 Å². The molecule has 0 radical (unpaired) electrons. The number of nitrogens with one attached hydrogen (secondary N) is 1. The van der Waals surface area contributed by atoms with Gasteiger partial charge in [0.25, 0.3) is 0 Å². The molecule has 1 saturated heterocycles. The van der Waals surface area contributed by atoms with Crippen LogP contribution < -0.4 is 5.32 Å². The summed E-state index contributed by atoms with van der Waals surface area (Å²) in [4.78, 5) is 11.7. The van der Waals surface area contributed by atoms with Crippen LogP contribution in [0.4, 0.5) is 0 Å². The minimum Gasteiger partial charge on any atom is -0.388 e. The maximum Gasteiger partial charge on any atom is 0.249 e. The Bertz CT molecular complexity index is 250. The minimum absolute atomic E-state index is 0.0691. The summed E-state index contributed by atoms with van der Waals surface area (Å²) in [5, 5.41) is 12.6. The van der Waals surface area contributed by atoms with E-state index in [1.54, 1.807) is 0 Å². The van der Waals surface area contributed by atoms with Crippen molar-refractivity contribution in [1.82, 2.24) is 5.32 Å². The molecule has 2 aliphatic rings. The van der Waals surface area contributed by atoms with Crippen molar-refractivity contribution in [2.45, 2.75) is 44.3 Å². The molecule has 2 unspecified atom stereocenters. The fourth-order valence-corrected chi connectivity index (χ4v) is 2.14. The zero-order valence-corrected chi connectivity index (χ0v) is 9.16. The Labute approximate surface area is 90.0 Å². The Hall–Kier alpha value is -0.610. The highest BCUT2D eigenvalue weighted by Crippen LogP contribution is 2.30. The molecule has 0 aromatic rings. The fourth-order valence-electron chi connectivity index (χ4n) is 2.14. The molecule has 15 heavy (non-hydrogen) atoms. The van der Waals surface area contributed by atoms with Gasteiger partial charge in [-0.2, -0.15) is 0 Å². The topological polar surface area (TPSA) is 58.6 Å². The third kappa shape index (κ3) is 2.32. The lowest BCUT2D eigenvalue weighted by Crippen LogP contribution is -2.50. The van der Waals surface area contributed by atoms with Crippen LogP contribution in [0, 0.1) is 5.92 Å². The highest BCUT2D eigenvalue weighted by atomic mass is 16.5. The van der Waals surface area contributed by atoms with Gasteiger partial charge in [0.05, 0.1) is 5.60 Å². The second kappa shape index (κ2) is 4.10. The molecule has 0 aromatic heterocycles. The number of carbonyl (C=O) groups excluding carboxylic acids is 1. The lowest BCUT2D eigenvalue weighted by molar-refractivity contribution is -0.133. The molecule has 1 aliphatic heterocycles. The lowest BCUT2D eigenvalue weighted by Gasteiger charge is -2.36. The quantitative estimate of drug-likeness (QED) is 0.715. The summed E-state index contributed by atoms with van der Waals surface area (Å²) in [6.45, 7) is 3.07. The number of rotatable bonds is 3. The number of amides is 1. The second-order valence-corrected chi connectivity index (χ2v) is 4.85. The van der Waals surface area contributed by atoms with Crippen LogP contribution in [-0.4, -0.2) is 35.9 Å². The number of hydrogen-bond acceptors (Lipinski definition) is 3. The van der Waals surface area contributed by atoms with Crippen molar-refractivity contribution in [2.75, 3.05) is 13.2 Å². The first-order valence-corrected chi connectivity index (χ1v) is 5.72. The molecule has 4 nitrogen and oxygen atoms in total. The molecule has 86 valence electrons. The third-order valence-corrected chi connectivity index (χ3v) is 3.52. The van der Waals surface area contributed by atoms with E-state index in [4.69, 9.17) is 4.74 Å². The maximum atomic E-state index is 11.7. The largest absolute Gasteiger partial charge is 0.388 e. The van der Waals surface area contributed by atoms with Crippen molar-refractivity contribution in [3.05, 3.63) is 0 Å². The zero-order chi connectivity index (χ0) is 10.9. The summed E-state index contributed by atoms with van der Waals surface area (Å²) in [6, 6.07) is 0. The van der Waals surface area contributed by atoms with Gasteiger partial charge in [0.15, 0.2) is 0 Å². The average Bonchev–Trinajstić information content (AvgIpc) is 2.58. The Morgan fingerprint density at radius 1 is 1.60 bits per heavy atom. The predicted molar refractivity (Wildman–Crippen MR) is 55.3 cm³/mol. The van der Waals surface area contributed by atoms with Gasteiger partial charge in [0.2, 0.25) is 5.91 Å². The van der Waals surface area contributed by atoms with Gasteiger partial charge in [-0.05, 0) is 31.6 Å². The van der Waals surface area contributed by atoms with E-state index in [0.29, 0.717) is 19.1 Å². The van der Waals surface area contributed by atoms with Gasteiger partial charge in [0, 0.05) is 13.2 Å². The fraction of sp³-hybridized carbons (Fsp3) is 0.909. The van der Waals surface area contributed by atoms with E-state index in [2.05, 4.69) is 5.32 Å². The zero-order valence-electron chi connectivity index (χ0n) is 9.16. The molecule has 1 amide bonds. The van der Waals surface area contributed by atoms with E-state index in [1.165, 1.54) is 0 Å². The van der Waals surface area contributed by atoms with E-state index in [9.17, 15) is 9.90 Å². The Morgan fingerprint density at radius 2 is 2.33 bits per heavy atom. The molecule has 0 bridgehead atoms. The lowest BCUT2D eigenvalue weighted by atomic mass is 9.80. The van der Waals surface area contributed by atoms with Crippen molar-refractivity contribution in [2.24, 2.45) is 5.92 Å². The summed E-state index contributed by atoms with van der Waals surface area (Å²) in [7, 11) is 0. The first-order chi connectivity index (χ1) is 7.11. The number of hydrogen-bond donors (Lipinski definition) is 2. The van der Waals surface area contributed by atoms with E-state index in [-0.39, 0.29) is 12.0 Å². The van der Waals surface area contributed by atoms with Gasteiger partial charge in [-0.1, -0.05) is 6.92 Å². The molecule has 2 atom stereocenters. The molecule has 2 N–H and O–H groups in total. The van der Waals surface area contributed by atoms with Gasteiger partial charge in [-0.15, -0.1) is 0 Å². The SMILES string of the molecule is CC1CCOC1C(=O)NCC1(O)CCC1. The number of ether oxygens (including phenoxy) is 1. The molecule has 2 rings (SSSR count). The normalized spacial score (nSPS) is 33.5. The van der Waals surface area contributed by atoms with Gasteiger partial charge in [-0.3, -0.25) is 4.79 Å². The van der Waals surface area contributed by atoms with Crippen LogP contribution in [-0.2, 0) is 9.53 Å². The van der Waals surface area contributed by atoms with E-state index in [1.807, 2.05) is 6.92 Å². The number of aliphatic hydroxyl groups is 1. The minimum atomic E-state index is -0.641. The smallest absolute Gasteiger partial charge is 0.249 e. The molecule has 4 heteroatoms. The summed E-state index contributed by atoms with van der Waals surface area (Å²) in [6.07, 6.45) is 3.29. The van der Waals surface area contributed by atoms with Crippen molar-refractivity contribution in [3.8, 4) is 0 Å². The standard InChI is InChI=1S/C11H19NO3/c1-8-3-6-15-9(8)10(13)12-7-11(14)4-2-5-11/h8-9,14H,2-7H2,1H3,(H,12,13). The highest BCUT2D eigenvalue weighted by molar-refractivity contribution is 5.81. The average molecular weight is 213 g/mol. The molecule has 2 fully saturated rings. The van der Waals surface area contributed by atoms with Crippen molar-refractivity contribution >= 4 is 5.91 Å². The van der Waals surface area contributed by atoms with Gasteiger partial charge in [0.1, 0.15) is 6.10 Å². The van der Waals surface area contributed by atoms with Crippen LogP contribution >= 0.6 is 0 Å². The monoisotopic (exact) mass is 213 g/mol. The third-order valence-electron chi connectivity index (χ3n) is 3.52. The Morgan fingerprint density at radius 3 is 2.80 bits per heavy atom. The molecule has 1 aliphatic carbocycles. The predicted octanol–water partition coefficient (Wildman–Crippen LogP) is 0.443. The molecule has 0 aromatic carbocycles. The maximum absolute atomic E-state index is 11.7. The van der Waals surface area contributed by atoms with Crippen LogP contribution in [0.15, 0.2) is 0 Å². The van der Waals surface area contributed by atoms with E-state index >= 15 is 0 Å². The van der Waals surface area contributed by atoms with Crippen molar-refractivity contribution in [1.29, 1.82) is 0 Å². The first-order valence-electron chi connectivity index (χ1n) is 5.72. The van der Waals surface area contributed by atoms with Crippen molar-refractivity contribution < 1.29 is 14.6 Å². The van der Waals surface area contributed by atoms with Crippen LogP contribution in [0.5, 0.6) is 0 Å². The Balaban J connectivity index is 1.76. The second-order valence-electron chi connectivity index (χ2n) is 4.85. The molecular formula is C11H19NO3. The van der Waals surface area contributed by atoms with Gasteiger partial charge >= 0.3 is 0 Å². The number of carbonyl (C=O) groups is 1. The summed E-state index contributed by atoms with van der Waals surface area (Å²) in [5.74, 6) is 0.223. The van der Waals surface area contributed by atoms with Gasteiger partial charge in [-0.25, -0.2) is 0 Å². The molecular weight excluding hydrogens is 194 g/mol. The molecule has 0 spiro atoms. The van der Waals surface area contributed by atoms with Crippen LogP contribution in [0.3, 0.4) is 0 Å². The van der Waals surface area contributed by atoms with Crippen LogP contribution in [0.25, 0.3) is 0 Å². The summed E-state index contributed by atoms with van der Waals surface area (Å²) >= 11 is 0. The summed E-state index contributed by atoms with van der Waals surface area (Å²) < 4.78 is 5.35. The molecule has 1 saturated carbocycles. The molecule has 1 heterocycles. The van der Waals surface area contributed by atoms with E-state index in [0.717, 1.165) is 25.7 Å². The van der Waals surface area contributed by atoms with E-state index < -0.39 is 5.60 Å². The van der Waals surface area contributed by atoms with Crippen LogP contribution in [0.2, 0.25) is 0 Å². The Kier molecular flexibility index (Phi) is 2.98. The van der Waals surface area contributed by atoms with Crippen molar-refractivity contribution in [3.63, 3.8) is 0 Å². The highest BCUT2D eigenvalue weighted by Gasteiger charge is 2.36.